The monoisotopic (exact) mass is 378 g/mol. The molecule has 0 aliphatic heterocycles. The number of rotatable bonds is 6. The third-order valence-electron chi connectivity index (χ3n) is 4.51. The molecule has 0 bridgehead atoms. The lowest BCUT2D eigenvalue weighted by Crippen LogP contribution is -2.14. The second kappa shape index (κ2) is 7.30. The van der Waals surface area contributed by atoms with Crippen molar-refractivity contribution < 1.29 is 8.94 Å². The largest absolute Gasteiger partial charge is 0.469 e. The molecule has 0 amide bonds. The van der Waals surface area contributed by atoms with Crippen LogP contribution in [0.3, 0.4) is 0 Å². The molecule has 0 aliphatic carbocycles. The lowest BCUT2D eigenvalue weighted by Gasteiger charge is -2.10. The average Bonchev–Trinajstić information content (AvgIpc) is 3.36. The van der Waals surface area contributed by atoms with E-state index in [0.29, 0.717) is 18.3 Å². The molecule has 8 heteroatoms. The predicted molar refractivity (Wildman–Crippen MR) is 105 cm³/mol. The van der Waals surface area contributed by atoms with Crippen LogP contribution < -0.4 is 5.32 Å². The summed E-state index contributed by atoms with van der Waals surface area (Å²) in [6, 6.07) is 5.82. The van der Waals surface area contributed by atoms with Crippen LogP contribution in [0.15, 0.2) is 39.6 Å². The number of furan rings is 1. The van der Waals surface area contributed by atoms with Crippen molar-refractivity contribution in [3.8, 4) is 22.6 Å². The van der Waals surface area contributed by atoms with E-state index in [1.165, 1.54) is 0 Å². The first kappa shape index (κ1) is 18.0. The molecule has 1 N–H and O–H groups in total. The Morgan fingerprint density at radius 3 is 2.57 bits per heavy atom. The lowest BCUT2D eigenvalue weighted by molar-refractivity contribution is 0.427. The summed E-state index contributed by atoms with van der Waals surface area (Å²) in [4.78, 5) is 9.17. The highest BCUT2D eigenvalue weighted by atomic mass is 16.5. The van der Waals surface area contributed by atoms with Gasteiger partial charge in [-0.3, -0.25) is 4.68 Å². The van der Waals surface area contributed by atoms with Gasteiger partial charge in [-0.25, -0.2) is 9.97 Å². The van der Waals surface area contributed by atoms with E-state index in [-0.39, 0.29) is 0 Å². The molecule has 8 nitrogen and oxygen atoms in total. The fourth-order valence-electron chi connectivity index (χ4n) is 3.15. The summed E-state index contributed by atoms with van der Waals surface area (Å²) in [5, 5.41) is 11.7. The maximum atomic E-state index is 5.47. The van der Waals surface area contributed by atoms with Crippen molar-refractivity contribution in [2.75, 3.05) is 11.9 Å². The van der Waals surface area contributed by atoms with E-state index in [1.54, 1.807) is 12.5 Å². The molecule has 0 aromatic carbocycles. The zero-order valence-corrected chi connectivity index (χ0v) is 16.4. The van der Waals surface area contributed by atoms with Crippen molar-refractivity contribution >= 4 is 5.95 Å². The Kier molecular flexibility index (Phi) is 4.68. The van der Waals surface area contributed by atoms with Gasteiger partial charge in [0, 0.05) is 30.1 Å². The molecule has 4 aromatic rings. The molecule has 0 unspecified atom stereocenters. The van der Waals surface area contributed by atoms with Crippen LogP contribution in [0.4, 0.5) is 5.95 Å². The molecule has 0 atom stereocenters. The minimum Gasteiger partial charge on any atom is -0.469 e. The molecule has 0 spiro atoms. The van der Waals surface area contributed by atoms with Gasteiger partial charge in [-0.05, 0) is 39.8 Å². The zero-order chi connectivity index (χ0) is 19.7. The Morgan fingerprint density at radius 1 is 1.07 bits per heavy atom. The Balaban J connectivity index is 1.61. The van der Waals surface area contributed by atoms with Gasteiger partial charge in [-0.2, -0.15) is 5.10 Å². The first-order valence-corrected chi connectivity index (χ1v) is 9.11. The molecule has 0 aliphatic rings. The van der Waals surface area contributed by atoms with Crippen LogP contribution >= 0.6 is 0 Å². The van der Waals surface area contributed by atoms with E-state index < -0.39 is 0 Å². The maximum absolute atomic E-state index is 5.47. The number of aryl methyl sites for hydroxylation is 4. The fourth-order valence-corrected chi connectivity index (χ4v) is 3.15. The Morgan fingerprint density at radius 2 is 1.93 bits per heavy atom. The molecule has 4 heterocycles. The molecule has 28 heavy (non-hydrogen) atoms. The fraction of sp³-hybridized carbons (Fsp3) is 0.300. The zero-order valence-electron chi connectivity index (χ0n) is 16.4. The van der Waals surface area contributed by atoms with Crippen LogP contribution in [-0.4, -0.2) is 31.4 Å². The number of hydrogen-bond acceptors (Lipinski definition) is 7. The van der Waals surface area contributed by atoms with E-state index >= 15 is 0 Å². The molecule has 4 rings (SSSR count). The third-order valence-corrected chi connectivity index (χ3v) is 4.51. The second-order valence-electron chi connectivity index (χ2n) is 6.76. The van der Waals surface area contributed by atoms with Gasteiger partial charge in [-0.15, -0.1) is 0 Å². The normalized spacial score (nSPS) is 11.1. The van der Waals surface area contributed by atoms with Crippen molar-refractivity contribution in [1.82, 2.24) is 24.9 Å². The minimum absolute atomic E-state index is 0.539. The average molecular weight is 378 g/mol. The van der Waals surface area contributed by atoms with Crippen LogP contribution in [0.1, 0.15) is 22.8 Å². The highest BCUT2D eigenvalue weighted by molar-refractivity contribution is 5.79. The van der Waals surface area contributed by atoms with Crippen molar-refractivity contribution in [1.29, 1.82) is 0 Å². The molecular weight excluding hydrogens is 356 g/mol. The van der Waals surface area contributed by atoms with Crippen LogP contribution in [0.5, 0.6) is 0 Å². The first-order chi connectivity index (χ1) is 13.5. The molecule has 0 saturated carbocycles. The van der Waals surface area contributed by atoms with Gasteiger partial charge in [0.2, 0.25) is 5.95 Å². The van der Waals surface area contributed by atoms with Gasteiger partial charge >= 0.3 is 0 Å². The number of hydrogen-bond donors (Lipinski definition) is 1. The summed E-state index contributed by atoms with van der Waals surface area (Å²) in [6.45, 7) is 9.21. The number of aromatic nitrogens is 5. The van der Waals surface area contributed by atoms with Gasteiger partial charge in [0.15, 0.2) is 5.76 Å². The number of nitrogens with zero attached hydrogens (tertiary/aromatic N) is 5. The Labute approximate surface area is 162 Å². The number of anilines is 1. The van der Waals surface area contributed by atoms with E-state index in [9.17, 15) is 0 Å². The Hall–Kier alpha value is -3.42. The highest BCUT2D eigenvalue weighted by Crippen LogP contribution is 2.33. The van der Waals surface area contributed by atoms with Gasteiger partial charge < -0.3 is 14.3 Å². The van der Waals surface area contributed by atoms with Crippen LogP contribution in [0.25, 0.3) is 22.6 Å². The van der Waals surface area contributed by atoms with Crippen molar-refractivity contribution in [2.24, 2.45) is 0 Å². The van der Waals surface area contributed by atoms with Crippen LogP contribution in [0.2, 0.25) is 0 Å². The number of nitrogens with one attached hydrogen (secondary N) is 1. The third kappa shape index (κ3) is 3.53. The summed E-state index contributed by atoms with van der Waals surface area (Å²) in [6.07, 6.45) is 3.40. The minimum atomic E-state index is 0.539. The smallest absolute Gasteiger partial charge is 0.223 e. The van der Waals surface area contributed by atoms with E-state index in [1.807, 2.05) is 44.5 Å². The van der Waals surface area contributed by atoms with Gasteiger partial charge in [0.1, 0.15) is 5.76 Å². The van der Waals surface area contributed by atoms with Crippen molar-refractivity contribution in [2.45, 2.75) is 34.2 Å². The maximum Gasteiger partial charge on any atom is 0.223 e. The van der Waals surface area contributed by atoms with E-state index in [4.69, 9.17) is 13.9 Å². The van der Waals surface area contributed by atoms with E-state index in [0.717, 1.165) is 46.2 Å². The van der Waals surface area contributed by atoms with Crippen LogP contribution in [0, 0.1) is 27.7 Å². The lowest BCUT2D eigenvalue weighted by atomic mass is 10.1. The molecule has 0 saturated heterocycles. The van der Waals surface area contributed by atoms with Gasteiger partial charge in [-0.1, -0.05) is 5.16 Å². The van der Waals surface area contributed by atoms with Crippen molar-refractivity contribution in [3.05, 3.63) is 53.5 Å². The predicted octanol–water partition coefficient (Wildman–Crippen LogP) is 3.93. The van der Waals surface area contributed by atoms with Gasteiger partial charge in [0.25, 0.3) is 0 Å². The van der Waals surface area contributed by atoms with Crippen LogP contribution in [-0.2, 0) is 6.54 Å². The van der Waals surface area contributed by atoms with E-state index in [2.05, 4.69) is 26.6 Å². The summed E-state index contributed by atoms with van der Waals surface area (Å²) in [5.74, 6) is 1.95. The first-order valence-electron chi connectivity index (χ1n) is 9.11. The molecule has 144 valence electrons. The molecule has 0 radical (unpaired) electrons. The summed E-state index contributed by atoms with van der Waals surface area (Å²) in [5.41, 5.74) is 5.36. The SMILES string of the molecule is Cc1cc(-c2cnc(NCCn3nc(C)cc3C)nc2-c2ccoc2C)on1. The summed E-state index contributed by atoms with van der Waals surface area (Å²) < 4.78 is 12.9. The summed E-state index contributed by atoms with van der Waals surface area (Å²) in [7, 11) is 0. The second-order valence-corrected chi connectivity index (χ2v) is 6.76. The standard InChI is InChI=1S/C20H22N6O2/c1-12-9-14(3)26(24-12)7-6-21-20-22-11-17(18-10-13(2)25-28-18)19(23-20)16-5-8-27-15(16)4/h5,8-11H,6-7H2,1-4H3,(H,21,22,23). The van der Waals surface area contributed by atoms with Gasteiger partial charge in [0.05, 0.1) is 35.5 Å². The quantitative estimate of drug-likeness (QED) is 0.543. The molecular formula is C20H22N6O2. The highest BCUT2D eigenvalue weighted by Gasteiger charge is 2.18. The molecule has 0 fully saturated rings. The van der Waals surface area contributed by atoms with Crippen molar-refractivity contribution in [3.63, 3.8) is 0 Å². The Bertz CT molecular complexity index is 1110. The molecule has 4 aromatic heterocycles. The summed E-state index contributed by atoms with van der Waals surface area (Å²) >= 11 is 0. The topological polar surface area (TPSA) is 94.8 Å².